The third-order valence-corrected chi connectivity index (χ3v) is 9.88. The van der Waals surface area contributed by atoms with Gasteiger partial charge in [-0.15, -0.1) is 12.8 Å². The van der Waals surface area contributed by atoms with Crippen LogP contribution in [0.4, 0.5) is 0 Å². The Morgan fingerprint density at radius 2 is 1.18 bits per heavy atom. The Kier molecular flexibility index (Phi) is 22.6. The van der Waals surface area contributed by atoms with Crippen LogP contribution in [0, 0.1) is 33.6 Å². The molecular formula is C60H68. The molecule has 0 fully saturated rings. The highest BCUT2D eigenvalue weighted by atomic mass is 14.4. The topological polar surface area (TPSA) is 0 Å². The van der Waals surface area contributed by atoms with Crippen LogP contribution in [0.1, 0.15) is 99.4 Å². The Bertz CT molecular complexity index is 2270. The lowest BCUT2D eigenvalue weighted by Gasteiger charge is -2.29. The van der Waals surface area contributed by atoms with Crippen LogP contribution in [0.5, 0.6) is 0 Å². The molecule has 1 unspecified atom stereocenters. The molecule has 0 saturated heterocycles. The Labute approximate surface area is 365 Å². The molecule has 0 aromatic heterocycles. The van der Waals surface area contributed by atoms with Crippen LogP contribution in [-0.4, -0.2) is 0 Å². The fourth-order valence-electron chi connectivity index (χ4n) is 6.63. The second-order valence-electron chi connectivity index (χ2n) is 15.3. The van der Waals surface area contributed by atoms with Crippen LogP contribution >= 0.6 is 0 Å². The Hall–Kier alpha value is -6.42. The van der Waals surface area contributed by atoms with E-state index in [1.165, 1.54) is 72.4 Å². The molecule has 0 saturated carbocycles. The van der Waals surface area contributed by atoms with E-state index in [1.54, 1.807) is 6.08 Å². The summed E-state index contributed by atoms with van der Waals surface area (Å²) >= 11 is 0. The fourth-order valence-corrected chi connectivity index (χ4v) is 6.63. The molecule has 1 atom stereocenters. The van der Waals surface area contributed by atoms with Crippen LogP contribution in [-0.2, 0) is 5.41 Å². The summed E-state index contributed by atoms with van der Waals surface area (Å²) in [5, 5.41) is 0. The molecule has 0 aliphatic heterocycles. The number of rotatable bonds is 9. The molecule has 6 rings (SSSR count). The maximum Gasteiger partial charge on any atom is 0.0432 e. The number of terminal acetylenes is 1. The van der Waals surface area contributed by atoms with Gasteiger partial charge >= 0.3 is 0 Å². The van der Waals surface area contributed by atoms with Gasteiger partial charge in [-0.3, -0.25) is 0 Å². The quantitative estimate of drug-likeness (QED) is 0.103. The summed E-state index contributed by atoms with van der Waals surface area (Å²) in [4.78, 5) is 0. The lowest BCUT2D eigenvalue weighted by Crippen LogP contribution is -2.23. The SMILES string of the molecule is C#C.C=C/C=C\C=C/CC.CC(C)=C/C=C(\C=C\c1ccccc1C)c1ccc(C)cc1.CC(C)=CC1=C(C)c2ccccc2C1(C)c1ccccc1.Cc1ccccc1. The molecule has 60 heavy (non-hydrogen) atoms. The Morgan fingerprint density at radius 3 is 1.73 bits per heavy atom. The molecule has 0 radical (unpaired) electrons. The highest BCUT2D eigenvalue weighted by Gasteiger charge is 2.40. The minimum atomic E-state index is -0.0563. The highest BCUT2D eigenvalue weighted by Crippen LogP contribution is 2.50. The molecule has 0 nitrogen and oxygen atoms in total. The number of hydrogen-bond acceptors (Lipinski definition) is 0. The van der Waals surface area contributed by atoms with Crippen molar-refractivity contribution in [3.05, 3.63) is 256 Å². The standard InChI is InChI=1S/C22H24.C21H22.C8H12.C7H8.C2H2/c1-17(2)9-12-21(22-13-10-18(3)11-14-22)16-15-20-8-6-5-7-19(20)4;1-15(2)14-20-16(3)18-12-8-9-13-19(18)21(20,4)17-10-6-5-7-11-17;1-3-5-7-8-6-4-2;1-7-5-3-2-4-6-7;1-2/h5-16H,1-4H3;5-14H,1-4H3;3,5-8H,1,4H2,2H3;2-6H,1H3;1-2H/b16-15+,21-12+;;7-5-,8-6-;;. The second kappa shape index (κ2) is 27.3. The zero-order valence-corrected chi connectivity index (χ0v) is 38.0. The smallest absolute Gasteiger partial charge is 0.0432 e. The first-order valence-electron chi connectivity index (χ1n) is 20.9. The van der Waals surface area contributed by atoms with Gasteiger partial charge in [0.1, 0.15) is 0 Å². The first kappa shape index (κ1) is 49.7. The largest absolute Gasteiger partial charge is 0.124 e. The van der Waals surface area contributed by atoms with Crippen molar-refractivity contribution in [3.8, 4) is 12.8 Å². The van der Waals surface area contributed by atoms with Gasteiger partial charge in [0.05, 0.1) is 0 Å². The van der Waals surface area contributed by atoms with Crippen LogP contribution in [0.2, 0.25) is 0 Å². The van der Waals surface area contributed by atoms with Gasteiger partial charge in [0.15, 0.2) is 0 Å². The van der Waals surface area contributed by atoms with Crippen molar-refractivity contribution in [2.75, 3.05) is 0 Å². The predicted octanol–water partition coefficient (Wildman–Crippen LogP) is 17.1. The molecule has 0 amide bonds. The molecule has 0 bridgehead atoms. The van der Waals surface area contributed by atoms with Crippen LogP contribution < -0.4 is 0 Å². The van der Waals surface area contributed by atoms with Gasteiger partial charge < -0.3 is 0 Å². The van der Waals surface area contributed by atoms with Gasteiger partial charge in [-0.2, -0.15) is 0 Å². The number of hydrogen-bond donors (Lipinski definition) is 0. The van der Waals surface area contributed by atoms with Crippen molar-refractivity contribution >= 4 is 17.2 Å². The van der Waals surface area contributed by atoms with Gasteiger partial charge in [-0.1, -0.05) is 230 Å². The molecule has 5 aromatic carbocycles. The van der Waals surface area contributed by atoms with Crippen LogP contribution in [0.3, 0.4) is 0 Å². The van der Waals surface area contributed by atoms with Crippen molar-refractivity contribution in [3.63, 3.8) is 0 Å². The van der Waals surface area contributed by atoms with Crippen molar-refractivity contribution < 1.29 is 0 Å². The fraction of sp³-hybridized carbons (Fsp3) is 0.200. The number of aryl methyl sites for hydroxylation is 3. The summed E-state index contributed by atoms with van der Waals surface area (Å²) in [6, 6.07) is 47.1. The molecule has 0 N–H and O–H groups in total. The molecule has 308 valence electrons. The molecule has 0 heterocycles. The first-order chi connectivity index (χ1) is 28.9. The predicted molar refractivity (Wildman–Crippen MR) is 270 cm³/mol. The summed E-state index contributed by atoms with van der Waals surface area (Å²) in [5.74, 6) is 0. The second-order valence-corrected chi connectivity index (χ2v) is 15.3. The molecular weight excluding hydrogens is 721 g/mol. The number of allylic oxidation sites excluding steroid dienone is 14. The monoisotopic (exact) mass is 789 g/mol. The number of benzene rings is 5. The van der Waals surface area contributed by atoms with E-state index in [-0.39, 0.29) is 5.41 Å². The minimum Gasteiger partial charge on any atom is -0.124 e. The zero-order valence-electron chi connectivity index (χ0n) is 38.0. The van der Waals surface area contributed by atoms with Gasteiger partial charge in [-0.05, 0) is 119 Å². The maximum absolute atomic E-state index is 4.00. The third kappa shape index (κ3) is 16.1. The maximum atomic E-state index is 4.00. The summed E-state index contributed by atoms with van der Waals surface area (Å²) < 4.78 is 0. The number of fused-ring (bicyclic) bond motifs is 1. The summed E-state index contributed by atoms with van der Waals surface area (Å²) in [6.07, 6.45) is 30.0. The van der Waals surface area contributed by atoms with E-state index in [0.717, 1.165) is 6.42 Å². The van der Waals surface area contributed by atoms with E-state index < -0.39 is 0 Å². The van der Waals surface area contributed by atoms with Crippen LogP contribution in [0.25, 0.3) is 17.2 Å². The molecule has 0 heteroatoms. The van der Waals surface area contributed by atoms with E-state index in [4.69, 9.17) is 0 Å². The average Bonchev–Trinajstić information content (AvgIpc) is 3.47. The lowest BCUT2D eigenvalue weighted by molar-refractivity contribution is 0.706. The summed E-state index contributed by atoms with van der Waals surface area (Å²) in [7, 11) is 0. The van der Waals surface area contributed by atoms with Gasteiger partial charge in [0.25, 0.3) is 0 Å². The van der Waals surface area contributed by atoms with Crippen molar-refractivity contribution in [2.24, 2.45) is 0 Å². The molecule has 1 aliphatic rings. The summed E-state index contributed by atoms with van der Waals surface area (Å²) in [5.41, 5.74) is 17.2. The molecule has 5 aromatic rings. The van der Waals surface area contributed by atoms with E-state index in [2.05, 4.69) is 240 Å². The average molecular weight is 789 g/mol. The minimum absolute atomic E-state index is 0.0563. The molecule has 1 aliphatic carbocycles. The van der Waals surface area contributed by atoms with Crippen molar-refractivity contribution in [2.45, 2.75) is 81.1 Å². The Morgan fingerprint density at radius 1 is 0.617 bits per heavy atom. The first-order valence-corrected chi connectivity index (χ1v) is 20.9. The van der Waals surface area contributed by atoms with Crippen molar-refractivity contribution in [1.82, 2.24) is 0 Å². The van der Waals surface area contributed by atoms with Gasteiger partial charge in [0, 0.05) is 5.41 Å². The van der Waals surface area contributed by atoms with Crippen molar-refractivity contribution in [1.29, 1.82) is 0 Å². The van der Waals surface area contributed by atoms with Crippen LogP contribution in [0.15, 0.2) is 211 Å². The van der Waals surface area contributed by atoms with E-state index >= 15 is 0 Å². The van der Waals surface area contributed by atoms with E-state index in [9.17, 15) is 0 Å². The highest BCUT2D eigenvalue weighted by molar-refractivity contribution is 5.84. The van der Waals surface area contributed by atoms with E-state index in [1.807, 2.05) is 36.4 Å². The zero-order chi connectivity index (χ0) is 44.3. The molecule has 0 spiro atoms. The summed E-state index contributed by atoms with van der Waals surface area (Å²) in [6.45, 7) is 25.2. The lowest BCUT2D eigenvalue weighted by atomic mass is 9.73. The van der Waals surface area contributed by atoms with Gasteiger partial charge in [-0.25, -0.2) is 0 Å². The third-order valence-electron chi connectivity index (χ3n) is 9.88. The van der Waals surface area contributed by atoms with Gasteiger partial charge in [0.2, 0.25) is 0 Å². The Balaban J connectivity index is 0.000000301. The van der Waals surface area contributed by atoms with E-state index in [0.29, 0.717) is 0 Å². The normalized spacial score (nSPS) is 14.0.